The van der Waals surface area contributed by atoms with Crippen LogP contribution in [0.15, 0.2) is 24.5 Å². The van der Waals surface area contributed by atoms with E-state index >= 15 is 0 Å². The number of nitrogens with two attached hydrogens (primary N) is 1. The lowest BCUT2D eigenvalue weighted by molar-refractivity contribution is -0.122. The van der Waals surface area contributed by atoms with Crippen LogP contribution in [-0.2, 0) is 17.6 Å². The molecule has 1 amide bonds. The molecule has 7 heteroatoms. The molecule has 1 fully saturated rings. The second-order valence-electron chi connectivity index (χ2n) is 7.31. The molecule has 138 valence electrons. The zero-order valence-electron chi connectivity index (χ0n) is 15.0. The van der Waals surface area contributed by atoms with Crippen LogP contribution in [0, 0.1) is 5.92 Å². The average molecular weight is 379 g/mol. The van der Waals surface area contributed by atoms with Crippen LogP contribution in [0.1, 0.15) is 29.7 Å². The number of aromatic nitrogens is 3. The molecule has 1 aliphatic heterocycles. The van der Waals surface area contributed by atoms with Gasteiger partial charge in [-0.3, -0.25) is 9.78 Å². The van der Waals surface area contributed by atoms with Crippen LogP contribution in [0.5, 0.6) is 0 Å². The summed E-state index contributed by atoms with van der Waals surface area (Å²) in [6.45, 7) is 1.60. The van der Waals surface area contributed by atoms with Crippen molar-refractivity contribution in [2.75, 3.05) is 18.0 Å². The van der Waals surface area contributed by atoms with Gasteiger partial charge in [0.15, 0.2) is 5.82 Å². The largest absolute Gasteiger partial charge is 0.369 e. The molecule has 0 atom stereocenters. The molecule has 6 nitrogen and oxygen atoms in total. The highest BCUT2D eigenvalue weighted by Crippen LogP contribution is 2.42. The van der Waals surface area contributed by atoms with E-state index < -0.39 is 0 Å². The van der Waals surface area contributed by atoms with Crippen molar-refractivity contribution in [3.8, 4) is 11.4 Å². The van der Waals surface area contributed by atoms with Gasteiger partial charge in [0.1, 0.15) is 10.6 Å². The van der Waals surface area contributed by atoms with Crippen LogP contribution in [0.2, 0.25) is 0 Å². The lowest BCUT2D eigenvalue weighted by atomic mass is 9.96. The van der Waals surface area contributed by atoms with E-state index in [1.54, 1.807) is 17.5 Å². The Morgan fingerprint density at radius 1 is 1.22 bits per heavy atom. The molecule has 2 aliphatic rings. The summed E-state index contributed by atoms with van der Waals surface area (Å²) in [5.41, 5.74) is 7.87. The molecular formula is C20H21N5OS. The van der Waals surface area contributed by atoms with Crippen molar-refractivity contribution in [1.29, 1.82) is 0 Å². The molecular weight excluding hydrogens is 358 g/mol. The summed E-state index contributed by atoms with van der Waals surface area (Å²) >= 11 is 1.81. The standard InChI is InChI=1S/C20H21N5OS/c21-17(26)12-6-9-25(10-7-12)19-16-14-4-1-5-15(14)27-20(16)24-18(23-19)13-3-2-8-22-11-13/h2-3,8,11-12H,1,4-7,9-10H2,(H2,21,26). The van der Waals surface area contributed by atoms with Crippen molar-refractivity contribution in [1.82, 2.24) is 15.0 Å². The third-order valence-electron chi connectivity index (χ3n) is 5.66. The molecule has 0 aromatic carbocycles. The number of pyridine rings is 1. The molecule has 3 aromatic heterocycles. The summed E-state index contributed by atoms with van der Waals surface area (Å²) < 4.78 is 0. The van der Waals surface area contributed by atoms with Crippen LogP contribution >= 0.6 is 11.3 Å². The predicted molar refractivity (Wildman–Crippen MR) is 107 cm³/mol. The molecule has 0 unspecified atom stereocenters. The summed E-state index contributed by atoms with van der Waals surface area (Å²) in [6.07, 6.45) is 8.61. The zero-order valence-corrected chi connectivity index (χ0v) is 15.8. The lowest BCUT2D eigenvalue weighted by Gasteiger charge is -2.32. The van der Waals surface area contributed by atoms with Gasteiger partial charge in [-0.2, -0.15) is 0 Å². The Morgan fingerprint density at radius 3 is 2.81 bits per heavy atom. The number of carbonyl (C=O) groups excluding carboxylic acids is 1. The van der Waals surface area contributed by atoms with Gasteiger partial charge in [0.25, 0.3) is 0 Å². The van der Waals surface area contributed by atoms with Crippen LogP contribution in [0.4, 0.5) is 5.82 Å². The highest BCUT2D eigenvalue weighted by atomic mass is 32.1. The SMILES string of the molecule is NC(=O)C1CCN(c2nc(-c3cccnc3)nc3sc4c(c23)CCC4)CC1. The highest BCUT2D eigenvalue weighted by molar-refractivity contribution is 7.19. The molecule has 2 N–H and O–H groups in total. The Morgan fingerprint density at radius 2 is 2.07 bits per heavy atom. The van der Waals surface area contributed by atoms with Crippen LogP contribution in [-0.4, -0.2) is 33.9 Å². The number of carbonyl (C=O) groups is 1. The Kier molecular flexibility index (Phi) is 4.04. The molecule has 1 saturated heterocycles. The first-order valence-corrected chi connectivity index (χ1v) is 10.3. The normalized spacial score (nSPS) is 17.4. The number of anilines is 1. The van der Waals surface area contributed by atoms with E-state index in [9.17, 15) is 4.79 Å². The van der Waals surface area contributed by atoms with Gasteiger partial charge in [-0.05, 0) is 49.8 Å². The van der Waals surface area contributed by atoms with Crippen LogP contribution in [0.3, 0.4) is 0 Å². The lowest BCUT2D eigenvalue weighted by Crippen LogP contribution is -2.39. The van der Waals surface area contributed by atoms with E-state index in [1.807, 2.05) is 18.3 Å². The molecule has 0 spiro atoms. The smallest absolute Gasteiger partial charge is 0.220 e. The predicted octanol–water partition coefficient (Wildman–Crippen LogP) is 2.94. The number of hydrogen-bond acceptors (Lipinski definition) is 6. The minimum Gasteiger partial charge on any atom is -0.369 e. The van der Waals surface area contributed by atoms with E-state index in [0.717, 1.165) is 60.8 Å². The summed E-state index contributed by atoms with van der Waals surface area (Å²) in [5.74, 6) is 1.53. The number of piperidine rings is 1. The number of rotatable bonds is 3. The van der Waals surface area contributed by atoms with Crippen molar-refractivity contribution in [3.05, 3.63) is 35.0 Å². The highest BCUT2D eigenvalue weighted by Gasteiger charge is 2.29. The first-order chi connectivity index (χ1) is 13.2. The fourth-order valence-electron chi connectivity index (χ4n) is 4.21. The average Bonchev–Trinajstić information content (AvgIpc) is 3.29. The van der Waals surface area contributed by atoms with Crippen molar-refractivity contribution in [2.45, 2.75) is 32.1 Å². The number of fused-ring (bicyclic) bond motifs is 3. The zero-order chi connectivity index (χ0) is 18.4. The quantitative estimate of drug-likeness (QED) is 0.756. The van der Waals surface area contributed by atoms with Gasteiger partial charge < -0.3 is 10.6 Å². The minimum atomic E-state index is -0.185. The fraction of sp³-hybridized carbons (Fsp3) is 0.400. The molecule has 3 aromatic rings. The number of hydrogen-bond donors (Lipinski definition) is 1. The summed E-state index contributed by atoms with van der Waals surface area (Å²) in [4.78, 5) is 30.4. The molecule has 0 radical (unpaired) electrons. The summed E-state index contributed by atoms with van der Waals surface area (Å²) in [7, 11) is 0. The summed E-state index contributed by atoms with van der Waals surface area (Å²) in [5, 5.41) is 1.22. The monoisotopic (exact) mass is 379 g/mol. The number of nitrogens with zero attached hydrogens (tertiary/aromatic N) is 4. The first-order valence-electron chi connectivity index (χ1n) is 9.47. The third-order valence-corrected chi connectivity index (χ3v) is 6.85. The molecule has 0 saturated carbocycles. The van der Waals surface area contributed by atoms with Gasteiger partial charge in [-0.1, -0.05) is 0 Å². The third kappa shape index (κ3) is 2.86. The Balaban J connectivity index is 1.62. The Bertz CT molecular complexity index is 1010. The van der Waals surface area contributed by atoms with E-state index in [-0.39, 0.29) is 11.8 Å². The van der Waals surface area contributed by atoms with E-state index in [0.29, 0.717) is 0 Å². The van der Waals surface area contributed by atoms with Gasteiger partial charge in [-0.15, -0.1) is 11.3 Å². The molecule has 5 rings (SSSR count). The Labute approximate surface area is 161 Å². The minimum absolute atomic E-state index is 0.0236. The molecule has 0 bridgehead atoms. The van der Waals surface area contributed by atoms with Gasteiger partial charge >= 0.3 is 0 Å². The maximum Gasteiger partial charge on any atom is 0.220 e. The molecule has 1 aliphatic carbocycles. The van der Waals surface area contributed by atoms with E-state index in [2.05, 4.69) is 9.88 Å². The van der Waals surface area contributed by atoms with E-state index in [4.69, 9.17) is 15.7 Å². The number of thiophene rings is 1. The van der Waals surface area contributed by atoms with Gasteiger partial charge in [0.05, 0.1) is 5.39 Å². The van der Waals surface area contributed by atoms with Gasteiger partial charge in [-0.25, -0.2) is 9.97 Å². The van der Waals surface area contributed by atoms with Crippen molar-refractivity contribution in [2.24, 2.45) is 11.7 Å². The molecule has 4 heterocycles. The van der Waals surface area contributed by atoms with E-state index in [1.165, 1.54) is 22.2 Å². The summed E-state index contributed by atoms with van der Waals surface area (Å²) in [6, 6.07) is 3.91. The van der Waals surface area contributed by atoms with Crippen molar-refractivity contribution >= 4 is 33.3 Å². The maximum atomic E-state index is 11.5. The topological polar surface area (TPSA) is 85.0 Å². The van der Waals surface area contributed by atoms with Crippen molar-refractivity contribution in [3.63, 3.8) is 0 Å². The van der Waals surface area contributed by atoms with Crippen LogP contribution < -0.4 is 10.6 Å². The second kappa shape index (κ2) is 6.56. The Hall–Kier alpha value is -2.54. The first kappa shape index (κ1) is 16.6. The number of amides is 1. The van der Waals surface area contributed by atoms with Gasteiger partial charge in [0, 0.05) is 41.8 Å². The second-order valence-corrected chi connectivity index (χ2v) is 8.40. The number of primary amides is 1. The molecule has 27 heavy (non-hydrogen) atoms. The number of aryl methyl sites for hydroxylation is 2. The van der Waals surface area contributed by atoms with Gasteiger partial charge in [0.2, 0.25) is 5.91 Å². The fourth-order valence-corrected chi connectivity index (χ4v) is 5.46. The van der Waals surface area contributed by atoms with Crippen molar-refractivity contribution < 1.29 is 4.79 Å². The maximum absolute atomic E-state index is 11.5. The van der Waals surface area contributed by atoms with Crippen LogP contribution in [0.25, 0.3) is 21.6 Å².